The molecule has 4 heterocycles. The molecule has 1 N–H and O–H groups in total. The third kappa shape index (κ3) is 5.81. The predicted octanol–water partition coefficient (Wildman–Crippen LogP) is 14.7. The van der Waals surface area contributed by atoms with Crippen LogP contribution < -0.4 is 5.32 Å². The molecular weight excluding hydrogens is 785 g/mol. The van der Waals surface area contributed by atoms with Crippen LogP contribution in [0.4, 0.5) is 0 Å². The molecule has 13 rings (SSSR count). The first-order valence-corrected chi connectivity index (χ1v) is 22.3. The maximum atomic E-state index is 5.63. The van der Waals surface area contributed by atoms with E-state index in [0.29, 0.717) is 0 Å². The van der Waals surface area contributed by atoms with Gasteiger partial charge in [-0.15, -0.1) is 0 Å². The quantitative estimate of drug-likeness (QED) is 0.188. The van der Waals surface area contributed by atoms with E-state index in [9.17, 15) is 0 Å². The van der Waals surface area contributed by atoms with Gasteiger partial charge < -0.3 is 9.88 Å². The molecule has 2 aliphatic rings. The number of nitrogens with one attached hydrogen (secondary N) is 1. The van der Waals surface area contributed by atoms with Crippen molar-refractivity contribution in [2.75, 3.05) is 0 Å². The molecule has 5 heteroatoms. The first-order valence-electron chi connectivity index (χ1n) is 21.5. The van der Waals surface area contributed by atoms with E-state index in [4.69, 9.17) is 4.99 Å². The number of aromatic nitrogens is 2. The summed E-state index contributed by atoms with van der Waals surface area (Å²) in [5.74, 6) is 0.813. The van der Waals surface area contributed by atoms with Crippen molar-refractivity contribution in [3.05, 3.63) is 234 Å². The zero-order valence-electron chi connectivity index (χ0n) is 34.1. The highest BCUT2D eigenvalue weighted by Gasteiger charge is 2.33. The van der Waals surface area contributed by atoms with Crippen LogP contribution in [-0.2, 0) is 0 Å². The van der Waals surface area contributed by atoms with Crippen LogP contribution in [0, 0.1) is 0 Å². The van der Waals surface area contributed by atoms with E-state index in [1.807, 2.05) is 11.8 Å². The average Bonchev–Trinajstić information content (AvgIpc) is 4.04. The second-order valence-electron chi connectivity index (χ2n) is 16.4. The van der Waals surface area contributed by atoms with Crippen LogP contribution in [0.2, 0.25) is 0 Å². The lowest BCUT2D eigenvalue weighted by atomic mass is 9.97. The molecule has 0 bridgehead atoms. The average molecular weight is 823 g/mol. The topological polar surface area (TPSA) is 34.2 Å². The van der Waals surface area contributed by atoms with Crippen molar-refractivity contribution in [2.24, 2.45) is 4.99 Å². The van der Waals surface area contributed by atoms with Gasteiger partial charge in [-0.3, -0.25) is 4.57 Å². The monoisotopic (exact) mass is 822 g/mol. The highest BCUT2D eigenvalue weighted by molar-refractivity contribution is 8.12. The molecule has 0 fully saturated rings. The number of para-hydroxylation sites is 2. The first-order chi connectivity index (χ1) is 31.2. The van der Waals surface area contributed by atoms with Gasteiger partial charge in [0.1, 0.15) is 0 Å². The second-order valence-corrected chi connectivity index (χ2v) is 17.5. The fourth-order valence-electron chi connectivity index (χ4n) is 9.82. The number of fused-ring (bicyclic) bond motifs is 8. The lowest BCUT2D eigenvalue weighted by Gasteiger charge is -2.25. The molecule has 0 aliphatic carbocycles. The summed E-state index contributed by atoms with van der Waals surface area (Å²) < 4.78 is 4.75. The number of rotatable bonds is 5. The van der Waals surface area contributed by atoms with Crippen LogP contribution in [0.1, 0.15) is 11.1 Å². The Morgan fingerprint density at radius 1 is 0.429 bits per heavy atom. The van der Waals surface area contributed by atoms with Crippen molar-refractivity contribution in [2.45, 2.75) is 6.04 Å². The lowest BCUT2D eigenvalue weighted by Crippen LogP contribution is -2.40. The zero-order valence-corrected chi connectivity index (χ0v) is 34.9. The fourth-order valence-corrected chi connectivity index (χ4v) is 11.0. The molecule has 2 aromatic heterocycles. The van der Waals surface area contributed by atoms with Crippen LogP contribution in [0.5, 0.6) is 0 Å². The minimum Gasteiger partial charge on any atom is -0.344 e. The molecule has 9 aromatic carbocycles. The smallest absolute Gasteiger partial charge is 0.209 e. The molecule has 1 unspecified atom stereocenters. The Kier molecular flexibility index (Phi) is 8.18. The Labute approximate surface area is 368 Å². The van der Waals surface area contributed by atoms with E-state index in [1.54, 1.807) is 0 Å². The molecule has 1 atom stereocenters. The van der Waals surface area contributed by atoms with Crippen LogP contribution in [-0.4, -0.2) is 21.1 Å². The van der Waals surface area contributed by atoms with Gasteiger partial charge in [0.2, 0.25) is 5.96 Å². The lowest BCUT2D eigenvalue weighted by molar-refractivity contribution is 0.835. The molecule has 0 saturated heterocycles. The number of benzene rings is 9. The summed E-state index contributed by atoms with van der Waals surface area (Å²) in [5.41, 5.74) is 13.9. The summed E-state index contributed by atoms with van der Waals surface area (Å²) in [6.45, 7) is 0. The van der Waals surface area contributed by atoms with Crippen LogP contribution in [0.3, 0.4) is 0 Å². The Morgan fingerprint density at radius 2 is 1.03 bits per heavy atom. The molecule has 11 aromatic rings. The Balaban J connectivity index is 1.02. The highest BCUT2D eigenvalue weighted by Crippen LogP contribution is 2.48. The van der Waals surface area contributed by atoms with Crippen LogP contribution in [0.15, 0.2) is 228 Å². The molecule has 0 amide bonds. The number of hydrogen-bond donors (Lipinski definition) is 1. The van der Waals surface area contributed by atoms with E-state index in [-0.39, 0.29) is 6.04 Å². The van der Waals surface area contributed by atoms with Gasteiger partial charge in [-0.25, -0.2) is 4.99 Å². The number of aliphatic imine (C=N–C) groups is 1. The van der Waals surface area contributed by atoms with E-state index < -0.39 is 0 Å². The Hall–Kier alpha value is -7.86. The third-order valence-corrected chi connectivity index (χ3v) is 14.0. The SMILES string of the molecule is C1=C(c2ccccc2)SC2=C(c3ccc(-c4ccccc4)cc3)N=C(n3c4ccc(-c5cccc6c5c5ccccc5n6-c5ccccc5)cc4c4cc5ccccc5cc43)NC12. The normalized spacial score (nSPS) is 15.0. The van der Waals surface area contributed by atoms with Crippen molar-refractivity contribution in [1.82, 2.24) is 14.5 Å². The summed E-state index contributed by atoms with van der Waals surface area (Å²) in [5, 5.41) is 11.2. The van der Waals surface area contributed by atoms with Gasteiger partial charge in [0, 0.05) is 42.6 Å². The minimum absolute atomic E-state index is 0.0479. The standard InChI is InChI=1S/C58H38N4S/c1-4-15-37(16-5-1)38-27-29-40(30-28-38)56-57-49(36-54(63-57)39-17-6-2-7-18-39)59-58(60-56)62-51-32-31-43(34-47(51)48-33-41-19-10-11-20-42(41)35-53(48)62)45-24-14-26-52-55(45)46-23-12-13-25-50(46)61(52)44-21-8-3-9-22-44/h1-36,49H,(H,59,60). The second kappa shape index (κ2) is 14.4. The predicted molar refractivity (Wildman–Crippen MR) is 267 cm³/mol. The number of thioether (sulfide) groups is 1. The van der Waals surface area contributed by atoms with Crippen molar-refractivity contribution in [3.63, 3.8) is 0 Å². The fraction of sp³-hybridized carbons (Fsp3) is 0.0172. The van der Waals surface area contributed by atoms with Crippen molar-refractivity contribution >= 4 is 82.7 Å². The maximum absolute atomic E-state index is 5.63. The third-order valence-electron chi connectivity index (χ3n) is 12.7. The summed E-state index contributed by atoms with van der Waals surface area (Å²) in [6.07, 6.45) is 2.37. The van der Waals surface area contributed by atoms with Crippen LogP contribution >= 0.6 is 11.8 Å². The van der Waals surface area contributed by atoms with Gasteiger partial charge in [0.25, 0.3) is 0 Å². The van der Waals surface area contributed by atoms with E-state index in [1.165, 1.54) is 81.0 Å². The highest BCUT2D eigenvalue weighted by atomic mass is 32.2. The number of nitrogens with zero attached hydrogens (tertiary/aromatic N) is 3. The molecule has 63 heavy (non-hydrogen) atoms. The summed E-state index contributed by atoms with van der Waals surface area (Å²) in [7, 11) is 0. The van der Waals surface area contributed by atoms with E-state index >= 15 is 0 Å². The summed E-state index contributed by atoms with van der Waals surface area (Å²) >= 11 is 1.82. The van der Waals surface area contributed by atoms with E-state index in [2.05, 4.69) is 233 Å². The Morgan fingerprint density at radius 3 is 1.83 bits per heavy atom. The minimum atomic E-state index is -0.0479. The van der Waals surface area contributed by atoms with Crippen molar-refractivity contribution < 1.29 is 0 Å². The van der Waals surface area contributed by atoms with Gasteiger partial charge in [0.05, 0.1) is 33.8 Å². The van der Waals surface area contributed by atoms with Gasteiger partial charge in [-0.05, 0) is 93.2 Å². The van der Waals surface area contributed by atoms with E-state index in [0.717, 1.165) is 33.9 Å². The number of hydrogen-bond acceptors (Lipinski definition) is 3. The molecule has 0 saturated carbocycles. The molecule has 0 radical (unpaired) electrons. The van der Waals surface area contributed by atoms with Gasteiger partial charge in [-0.1, -0.05) is 176 Å². The van der Waals surface area contributed by atoms with Crippen LogP contribution in [0.25, 0.3) is 92.9 Å². The summed E-state index contributed by atoms with van der Waals surface area (Å²) in [6, 6.07) is 76.8. The van der Waals surface area contributed by atoms with Gasteiger partial charge >= 0.3 is 0 Å². The first kappa shape index (κ1) is 35.9. The molecule has 0 spiro atoms. The Bertz CT molecular complexity index is 3710. The maximum Gasteiger partial charge on any atom is 0.209 e. The van der Waals surface area contributed by atoms with Gasteiger partial charge in [-0.2, -0.15) is 0 Å². The molecule has 4 nitrogen and oxygen atoms in total. The molecule has 296 valence electrons. The molecule has 2 aliphatic heterocycles. The van der Waals surface area contributed by atoms with Crippen molar-refractivity contribution in [3.8, 4) is 27.9 Å². The van der Waals surface area contributed by atoms with Gasteiger partial charge in [0.15, 0.2) is 0 Å². The molecular formula is C58H38N4S. The van der Waals surface area contributed by atoms with Crippen molar-refractivity contribution in [1.29, 1.82) is 0 Å². The summed E-state index contributed by atoms with van der Waals surface area (Å²) in [4.78, 5) is 8.07. The largest absolute Gasteiger partial charge is 0.344 e. The zero-order chi connectivity index (χ0) is 41.4.